The summed E-state index contributed by atoms with van der Waals surface area (Å²) in [6.07, 6.45) is 0. The van der Waals surface area contributed by atoms with Crippen molar-refractivity contribution >= 4 is 58.3 Å². The lowest BCUT2D eigenvalue weighted by Gasteiger charge is -2.08. The highest BCUT2D eigenvalue weighted by atomic mass is 35.5. The van der Waals surface area contributed by atoms with Crippen LogP contribution >= 0.6 is 46.4 Å². The van der Waals surface area contributed by atoms with Gasteiger partial charge in [0.25, 0.3) is 5.91 Å². The maximum atomic E-state index is 11.7. The number of ether oxygens (including phenoxy) is 1. The van der Waals surface area contributed by atoms with E-state index in [4.69, 9.17) is 51.1 Å². The Kier molecular flexibility index (Phi) is 6.13. The topological polar surface area (TPSA) is 68.3 Å². The number of amides is 1. The number of halogens is 4. The van der Waals surface area contributed by atoms with Gasteiger partial charge in [0.15, 0.2) is 12.3 Å². The zero-order valence-corrected chi connectivity index (χ0v) is 12.6. The fraction of sp³-hybridized carbons (Fsp3) is 0.300. The molecule has 0 aliphatic rings. The highest BCUT2D eigenvalue weighted by molar-refractivity contribution is 6.52. The van der Waals surface area contributed by atoms with Gasteiger partial charge in [0.1, 0.15) is 5.15 Å². The zero-order chi connectivity index (χ0) is 14.6. The van der Waals surface area contributed by atoms with Crippen LogP contribution < -0.4 is 5.32 Å². The number of hydrogen-bond acceptors (Lipinski definition) is 4. The summed E-state index contributed by atoms with van der Waals surface area (Å²) in [6.45, 7) is 1.70. The third-order valence-electron chi connectivity index (χ3n) is 1.89. The summed E-state index contributed by atoms with van der Waals surface area (Å²) in [5, 5.41) is 1.93. The number of nitrogens with one attached hydrogen (secondary N) is 1. The molecule has 1 aromatic rings. The molecule has 9 heteroatoms. The van der Waals surface area contributed by atoms with Crippen LogP contribution in [0.15, 0.2) is 0 Å². The van der Waals surface area contributed by atoms with Gasteiger partial charge in [0, 0.05) is 6.54 Å². The number of carbonyl (C=O) groups excluding carboxylic acids is 2. The molecule has 0 aliphatic heterocycles. The van der Waals surface area contributed by atoms with Gasteiger partial charge in [-0.2, -0.15) is 0 Å². The summed E-state index contributed by atoms with van der Waals surface area (Å²) in [5.41, 5.74) is -0.301. The Balaban J connectivity index is 2.86. The minimum Gasteiger partial charge on any atom is -0.451 e. The first-order chi connectivity index (χ1) is 8.88. The third kappa shape index (κ3) is 4.11. The van der Waals surface area contributed by atoms with E-state index in [0.717, 1.165) is 0 Å². The van der Waals surface area contributed by atoms with Crippen LogP contribution in [0.5, 0.6) is 0 Å². The van der Waals surface area contributed by atoms with Crippen LogP contribution in [0.25, 0.3) is 0 Å². The molecule has 0 unspecified atom stereocenters. The van der Waals surface area contributed by atoms with E-state index in [2.05, 4.69) is 10.3 Å². The highest BCUT2D eigenvalue weighted by Crippen LogP contribution is 2.36. The van der Waals surface area contributed by atoms with Crippen LogP contribution in [0.1, 0.15) is 17.4 Å². The maximum absolute atomic E-state index is 11.7. The van der Waals surface area contributed by atoms with E-state index >= 15 is 0 Å². The van der Waals surface area contributed by atoms with Gasteiger partial charge in [0.05, 0.1) is 15.1 Å². The second-order valence-corrected chi connectivity index (χ2v) is 4.71. The number of hydrogen-bond donors (Lipinski definition) is 1. The fourth-order valence-corrected chi connectivity index (χ4v) is 1.88. The van der Waals surface area contributed by atoms with Gasteiger partial charge in [-0.05, 0) is 6.92 Å². The van der Waals surface area contributed by atoms with Gasteiger partial charge >= 0.3 is 5.97 Å². The molecule has 0 aliphatic carbocycles. The molecular weight excluding hydrogens is 338 g/mol. The first-order valence-electron chi connectivity index (χ1n) is 5.02. The van der Waals surface area contributed by atoms with Crippen molar-refractivity contribution in [2.75, 3.05) is 13.2 Å². The second-order valence-electron chi connectivity index (χ2n) is 3.22. The molecule has 0 saturated heterocycles. The summed E-state index contributed by atoms with van der Waals surface area (Å²) >= 11 is 22.9. The van der Waals surface area contributed by atoms with Gasteiger partial charge in [0.2, 0.25) is 0 Å². The summed E-state index contributed by atoms with van der Waals surface area (Å²) in [4.78, 5) is 26.5. The summed E-state index contributed by atoms with van der Waals surface area (Å²) in [5.74, 6) is -1.37. The van der Waals surface area contributed by atoms with E-state index in [0.29, 0.717) is 6.54 Å². The molecule has 0 fully saturated rings. The van der Waals surface area contributed by atoms with Gasteiger partial charge in [-0.15, -0.1) is 0 Å². The third-order valence-corrected chi connectivity index (χ3v) is 3.56. The first-order valence-corrected chi connectivity index (χ1v) is 6.53. The molecule has 19 heavy (non-hydrogen) atoms. The number of pyridine rings is 1. The van der Waals surface area contributed by atoms with E-state index < -0.39 is 18.5 Å². The Bertz CT molecular complexity index is 522. The Morgan fingerprint density at radius 2 is 1.79 bits per heavy atom. The van der Waals surface area contributed by atoms with Crippen molar-refractivity contribution in [1.82, 2.24) is 10.3 Å². The van der Waals surface area contributed by atoms with E-state index in [1.54, 1.807) is 6.92 Å². The minimum atomic E-state index is -0.920. The Labute approximate surface area is 129 Å². The molecule has 0 radical (unpaired) electrons. The maximum Gasteiger partial charge on any atom is 0.359 e. The van der Waals surface area contributed by atoms with Crippen molar-refractivity contribution in [3.8, 4) is 0 Å². The molecular formula is C10H8Cl4N2O3. The lowest BCUT2D eigenvalue weighted by Crippen LogP contribution is -2.28. The summed E-state index contributed by atoms with van der Waals surface area (Å²) < 4.78 is 4.71. The van der Waals surface area contributed by atoms with Crippen molar-refractivity contribution in [1.29, 1.82) is 0 Å². The number of nitrogens with zero attached hydrogens (tertiary/aromatic N) is 1. The molecule has 0 bridgehead atoms. The highest BCUT2D eigenvalue weighted by Gasteiger charge is 2.21. The van der Waals surface area contributed by atoms with Gasteiger partial charge in [-0.3, -0.25) is 4.79 Å². The van der Waals surface area contributed by atoms with Crippen molar-refractivity contribution in [3.05, 3.63) is 25.9 Å². The van der Waals surface area contributed by atoms with Crippen LogP contribution in [0, 0.1) is 0 Å². The molecule has 1 aromatic heterocycles. The quantitative estimate of drug-likeness (QED) is 0.672. The van der Waals surface area contributed by atoms with Crippen molar-refractivity contribution in [2.45, 2.75) is 6.92 Å². The summed E-state index contributed by atoms with van der Waals surface area (Å²) in [7, 11) is 0. The Morgan fingerprint density at radius 3 is 2.37 bits per heavy atom. The van der Waals surface area contributed by atoms with Crippen LogP contribution in [0.2, 0.25) is 20.2 Å². The van der Waals surface area contributed by atoms with Gasteiger partial charge < -0.3 is 10.1 Å². The first kappa shape index (κ1) is 16.3. The smallest absolute Gasteiger partial charge is 0.359 e. The lowest BCUT2D eigenvalue weighted by molar-refractivity contribution is -0.124. The van der Waals surface area contributed by atoms with E-state index in [-0.39, 0.29) is 25.9 Å². The molecule has 1 heterocycles. The predicted molar refractivity (Wildman–Crippen MR) is 73.2 cm³/mol. The number of likely N-dealkylation sites (N-methyl/N-ethyl adjacent to an activating group) is 1. The van der Waals surface area contributed by atoms with Crippen molar-refractivity contribution in [3.63, 3.8) is 0 Å². The molecule has 0 saturated carbocycles. The molecule has 104 valence electrons. The Morgan fingerprint density at radius 1 is 1.16 bits per heavy atom. The Hall–Kier alpha value is -0.750. The number of rotatable bonds is 4. The molecule has 0 atom stereocenters. The molecule has 1 rings (SSSR count). The average Bonchev–Trinajstić information content (AvgIpc) is 2.38. The number of carbonyl (C=O) groups is 2. The predicted octanol–water partition coefficient (Wildman–Crippen LogP) is 2.99. The normalized spacial score (nSPS) is 10.2. The van der Waals surface area contributed by atoms with Crippen molar-refractivity contribution in [2.24, 2.45) is 0 Å². The van der Waals surface area contributed by atoms with Crippen LogP contribution in [0.4, 0.5) is 0 Å². The lowest BCUT2D eigenvalue weighted by atomic mass is 10.3. The molecule has 5 nitrogen and oxygen atoms in total. The van der Waals surface area contributed by atoms with E-state index in [9.17, 15) is 9.59 Å². The van der Waals surface area contributed by atoms with E-state index in [1.807, 2.05) is 0 Å². The molecule has 1 amide bonds. The number of esters is 1. The molecule has 0 aromatic carbocycles. The van der Waals surface area contributed by atoms with Crippen LogP contribution in [0.3, 0.4) is 0 Å². The van der Waals surface area contributed by atoms with Crippen molar-refractivity contribution < 1.29 is 14.3 Å². The van der Waals surface area contributed by atoms with Gasteiger partial charge in [-0.1, -0.05) is 46.4 Å². The SMILES string of the molecule is CCNC(=O)COC(=O)c1nc(Cl)c(Cl)c(Cl)c1Cl. The molecule has 1 N–H and O–H groups in total. The number of aromatic nitrogens is 1. The zero-order valence-electron chi connectivity index (χ0n) is 9.60. The standard InChI is InChI=1S/C10H8Cl4N2O3/c1-2-15-4(17)3-19-10(18)8-6(12)5(11)7(13)9(14)16-8/h2-3H2,1H3,(H,15,17). The van der Waals surface area contributed by atoms with Gasteiger partial charge in [-0.25, -0.2) is 9.78 Å². The monoisotopic (exact) mass is 344 g/mol. The average molecular weight is 346 g/mol. The largest absolute Gasteiger partial charge is 0.451 e. The van der Waals surface area contributed by atoms with Crippen LogP contribution in [-0.2, 0) is 9.53 Å². The minimum absolute atomic E-state index is 0.0615. The molecule has 0 spiro atoms. The second kappa shape index (κ2) is 7.14. The fourth-order valence-electron chi connectivity index (χ4n) is 1.07. The van der Waals surface area contributed by atoms with Crippen LogP contribution in [-0.4, -0.2) is 30.0 Å². The summed E-state index contributed by atoms with van der Waals surface area (Å²) in [6, 6.07) is 0. The van der Waals surface area contributed by atoms with E-state index in [1.165, 1.54) is 0 Å².